The Bertz CT molecular complexity index is 714. The zero-order chi connectivity index (χ0) is 18.4. The minimum atomic E-state index is 0.0743. The van der Waals surface area contributed by atoms with Gasteiger partial charge in [-0.15, -0.1) is 0 Å². The Kier molecular flexibility index (Phi) is 6.22. The van der Waals surface area contributed by atoms with E-state index in [9.17, 15) is 4.79 Å². The monoisotopic (exact) mass is 358 g/mol. The summed E-state index contributed by atoms with van der Waals surface area (Å²) in [7, 11) is 1.63. The van der Waals surface area contributed by atoms with E-state index in [4.69, 9.17) is 15.0 Å². The van der Waals surface area contributed by atoms with E-state index < -0.39 is 0 Å². The van der Waals surface area contributed by atoms with Crippen molar-refractivity contribution in [1.82, 2.24) is 15.5 Å². The van der Waals surface area contributed by atoms with Gasteiger partial charge in [-0.2, -0.15) is 4.98 Å². The quantitative estimate of drug-likeness (QED) is 0.750. The number of hydrogen-bond acceptors (Lipinski definition) is 6. The predicted octanol–water partition coefficient (Wildman–Crippen LogP) is 2.31. The second-order valence-electron chi connectivity index (χ2n) is 6.69. The molecule has 1 heterocycles. The Morgan fingerprint density at radius 3 is 2.88 bits per heavy atom. The highest BCUT2D eigenvalue weighted by Crippen LogP contribution is 2.24. The highest BCUT2D eigenvalue weighted by atomic mass is 16.5. The van der Waals surface area contributed by atoms with Crippen LogP contribution in [0.1, 0.15) is 38.0 Å². The van der Waals surface area contributed by atoms with Gasteiger partial charge in [0.1, 0.15) is 5.75 Å². The Labute approximate surface area is 153 Å². The lowest BCUT2D eigenvalue weighted by Gasteiger charge is -2.19. The van der Waals surface area contributed by atoms with Crippen molar-refractivity contribution in [3.05, 3.63) is 30.2 Å². The molecule has 1 saturated carbocycles. The molecule has 7 heteroatoms. The first-order valence-corrected chi connectivity index (χ1v) is 9.16. The van der Waals surface area contributed by atoms with Crippen molar-refractivity contribution in [3.8, 4) is 17.1 Å². The lowest BCUT2D eigenvalue weighted by Crippen LogP contribution is -2.39. The molecule has 140 valence electrons. The van der Waals surface area contributed by atoms with Crippen LogP contribution >= 0.6 is 0 Å². The van der Waals surface area contributed by atoms with Gasteiger partial charge in [0, 0.05) is 24.4 Å². The van der Waals surface area contributed by atoms with Crippen molar-refractivity contribution in [2.75, 3.05) is 13.7 Å². The van der Waals surface area contributed by atoms with Crippen molar-refractivity contribution in [3.63, 3.8) is 0 Å². The smallest absolute Gasteiger partial charge is 0.226 e. The number of amides is 1. The number of aromatic nitrogens is 2. The van der Waals surface area contributed by atoms with Crippen LogP contribution in [0.4, 0.5) is 0 Å². The number of carbonyl (C=O) groups is 1. The zero-order valence-electron chi connectivity index (χ0n) is 15.1. The molecule has 26 heavy (non-hydrogen) atoms. The molecule has 3 rings (SSSR count). The fourth-order valence-corrected chi connectivity index (χ4v) is 3.40. The topological polar surface area (TPSA) is 103 Å². The summed E-state index contributed by atoms with van der Waals surface area (Å²) in [6.45, 7) is 0.640. The highest BCUT2D eigenvalue weighted by Gasteiger charge is 2.27. The van der Waals surface area contributed by atoms with E-state index in [0.717, 1.165) is 30.6 Å². The lowest BCUT2D eigenvalue weighted by molar-refractivity contribution is -0.122. The Hall–Kier alpha value is -2.41. The Morgan fingerprint density at radius 1 is 1.35 bits per heavy atom. The standard InChI is InChI=1S/C19H26N4O3/c1-25-15-10-8-13(9-11-15)19-22-18(26-23-19)7-3-6-17(24)21-16-5-2-4-14(16)12-20/h8-11,14,16H,2-7,12,20H2,1H3,(H,21,24). The summed E-state index contributed by atoms with van der Waals surface area (Å²) in [6.07, 6.45) is 4.99. The van der Waals surface area contributed by atoms with Crippen molar-refractivity contribution in [2.24, 2.45) is 11.7 Å². The van der Waals surface area contributed by atoms with Gasteiger partial charge >= 0.3 is 0 Å². The molecule has 1 amide bonds. The summed E-state index contributed by atoms with van der Waals surface area (Å²) < 4.78 is 10.4. The summed E-state index contributed by atoms with van der Waals surface area (Å²) in [6, 6.07) is 7.71. The van der Waals surface area contributed by atoms with Crippen LogP contribution in [0, 0.1) is 5.92 Å². The van der Waals surface area contributed by atoms with Crippen molar-refractivity contribution in [2.45, 2.75) is 44.6 Å². The van der Waals surface area contributed by atoms with E-state index in [1.165, 1.54) is 0 Å². The average Bonchev–Trinajstić information content (AvgIpc) is 3.31. The molecule has 0 radical (unpaired) electrons. The first-order valence-electron chi connectivity index (χ1n) is 9.16. The van der Waals surface area contributed by atoms with Crippen LogP contribution < -0.4 is 15.8 Å². The third kappa shape index (κ3) is 4.60. The zero-order valence-corrected chi connectivity index (χ0v) is 15.1. The van der Waals surface area contributed by atoms with Gasteiger partial charge in [-0.3, -0.25) is 4.79 Å². The molecule has 2 atom stereocenters. The number of methoxy groups -OCH3 is 1. The molecule has 1 fully saturated rings. The second-order valence-corrected chi connectivity index (χ2v) is 6.69. The van der Waals surface area contributed by atoms with E-state index in [-0.39, 0.29) is 11.9 Å². The first kappa shape index (κ1) is 18.4. The Balaban J connectivity index is 1.45. The molecule has 7 nitrogen and oxygen atoms in total. The van der Waals surface area contributed by atoms with Crippen LogP contribution in [-0.4, -0.2) is 35.7 Å². The maximum Gasteiger partial charge on any atom is 0.226 e. The van der Waals surface area contributed by atoms with E-state index in [1.807, 2.05) is 24.3 Å². The number of nitrogens with zero attached hydrogens (tertiary/aromatic N) is 2. The maximum absolute atomic E-state index is 12.1. The van der Waals surface area contributed by atoms with Crippen molar-refractivity contribution >= 4 is 5.91 Å². The van der Waals surface area contributed by atoms with Crippen LogP contribution in [0.15, 0.2) is 28.8 Å². The third-order valence-corrected chi connectivity index (χ3v) is 4.92. The van der Waals surface area contributed by atoms with E-state index >= 15 is 0 Å². The number of nitrogens with two attached hydrogens (primary N) is 1. The van der Waals surface area contributed by atoms with E-state index in [0.29, 0.717) is 43.4 Å². The molecule has 3 N–H and O–H groups in total. The molecular weight excluding hydrogens is 332 g/mol. The second kappa shape index (κ2) is 8.80. The van der Waals surface area contributed by atoms with Crippen molar-refractivity contribution < 1.29 is 14.1 Å². The van der Waals surface area contributed by atoms with Gasteiger partial charge in [-0.05, 0) is 56.0 Å². The van der Waals surface area contributed by atoms with Crippen LogP contribution in [0.3, 0.4) is 0 Å². The highest BCUT2D eigenvalue weighted by molar-refractivity contribution is 5.76. The van der Waals surface area contributed by atoms with Gasteiger partial charge < -0.3 is 20.3 Å². The van der Waals surface area contributed by atoms with Crippen molar-refractivity contribution in [1.29, 1.82) is 0 Å². The number of carbonyl (C=O) groups excluding carboxylic acids is 1. The minimum Gasteiger partial charge on any atom is -0.497 e. The Morgan fingerprint density at radius 2 is 2.15 bits per heavy atom. The molecule has 1 aliphatic carbocycles. The molecule has 0 aliphatic heterocycles. The number of rotatable bonds is 8. The molecule has 1 aromatic heterocycles. The number of nitrogens with one attached hydrogen (secondary N) is 1. The third-order valence-electron chi connectivity index (χ3n) is 4.92. The largest absolute Gasteiger partial charge is 0.497 e. The van der Waals surface area contributed by atoms with Crippen LogP contribution in [0.25, 0.3) is 11.4 Å². The molecular formula is C19H26N4O3. The number of benzene rings is 1. The molecule has 0 spiro atoms. The van der Waals surface area contributed by atoms with E-state index in [2.05, 4.69) is 15.5 Å². The molecule has 0 bridgehead atoms. The average molecular weight is 358 g/mol. The summed E-state index contributed by atoms with van der Waals surface area (Å²) in [5.41, 5.74) is 6.62. The normalized spacial score (nSPS) is 19.5. The van der Waals surface area contributed by atoms with Crippen LogP contribution in [-0.2, 0) is 11.2 Å². The maximum atomic E-state index is 12.1. The minimum absolute atomic E-state index is 0.0743. The number of ether oxygens (including phenoxy) is 1. The molecule has 1 aromatic carbocycles. The molecule has 2 unspecified atom stereocenters. The summed E-state index contributed by atoms with van der Waals surface area (Å²) in [5, 5.41) is 7.11. The van der Waals surface area contributed by atoms with Gasteiger partial charge in [-0.25, -0.2) is 0 Å². The first-order chi connectivity index (χ1) is 12.7. The molecule has 0 saturated heterocycles. The summed E-state index contributed by atoms with van der Waals surface area (Å²) >= 11 is 0. The number of hydrogen-bond donors (Lipinski definition) is 2. The van der Waals surface area contributed by atoms with Gasteiger partial charge in [0.15, 0.2) is 0 Å². The van der Waals surface area contributed by atoms with Crippen LogP contribution in [0.2, 0.25) is 0 Å². The van der Waals surface area contributed by atoms with Gasteiger partial charge in [0.05, 0.1) is 7.11 Å². The van der Waals surface area contributed by atoms with E-state index in [1.54, 1.807) is 7.11 Å². The molecule has 1 aliphatic rings. The van der Waals surface area contributed by atoms with Crippen LogP contribution in [0.5, 0.6) is 5.75 Å². The predicted molar refractivity (Wildman–Crippen MR) is 97.6 cm³/mol. The lowest BCUT2D eigenvalue weighted by atomic mass is 10.0. The fraction of sp³-hybridized carbons (Fsp3) is 0.526. The SMILES string of the molecule is COc1ccc(-c2noc(CCCC(=O)NC3CCCC3CN)n2)cc1. The molecule has 2 aromatic rings. The van der Waals surface area contributed by atoms with Gasteiger partial charge in [0.25, 0.3) is 0 Å². The number of aryl methyl sites for hydroxylation is 1. The summed E-state index contributed by atoms with van der Waals surface area (Å²) in [5.74, 6) is 2.36. The van der Waals surface area contributed by atoms with Gasteiger partial charge in [0.2, 0.25) is 17.6 Å². The fourth-order valence-electron chi connectivity index (χ4n) is 3.40. The van der Waals surface area contributed by atoms with Gasteiger partial charge in [-0.1, -0.05) is 11.6 Å². The summed E-state index contributed by atoms with van der Waals surface area (Å²) in [4.78, 5) is 16.5.